The number of carboxylic acid groups (broad SMARTS) is 1. The van der Waals surface area contributed by atoms with Crippen LogP contribution in [0.2, 0.25) is 0 Å². The molecule has 9 heteroatoms. The summed E-state index contributed by atoms with van der Waals surface area (Å²) in [5.74, 6) is -2.78. The topological polar surface area (TPSA) is 83.1 Å². The van der Waals surface area contributed by atoms with Gasteiger partial charge in [0.2, 0.25) is 5.43 Å². The van der Waals surface area contributed by atoms with Crippen LogP contribution in [-0.2, 0) is 12.7 Å². The first-order chi connectivity index (χ1) is 13.1. The monoisotopic (exact) mass is 390 g/mol. The predicted molar refractivity (Wildman–Crippen MR) is 90.4 cm³/mol. The summed E-state index contributed by atoms with van der Waals surface area (Å²) in [4.78, 5) is 24.1. The molecule has 3 rings (SSSR count). The second-order valence-electron chi connectivity index (χ2n) is 5.88. The summed E-state index contributed by atoms with van der Waals surface area (Å²) in [5.41, 5.74) is -3.39. The number of nitriles is 1. The van der Waals surface area contributed by atoms with Gasteiger partial charge in [-0.15, -0.1) is 0 Å². The van der Waals surface area contributed by atoms with Crippen molar-refractivity contribution in [2.24, 2.45) is 0 Å². The van der Waals surface area contributed by atoms with Crippen molar-refractivity contribution in [2.45, 2.75) is 12.7 Å². The van der Waals surface area contributed by atoms with Crippen molar-refractivity contribution in [1.29, 1.82) is 5.26 Å². The normalized spacial score (nSPS) is 11.4. The van der Waals surface area contributed by atoms with E-state index in [2.05, 4.69) is 0 Å². The van der Waals surface area contributed by atoms with E-state index in [1.54, 1.807) is 6.07 Å². The first-order valence-electron chi connectivity index (χ1n) is 7.79. The van der Waals surface area contributed by atoms with Gasteiger partial charge in [0.05, 0.1) is 17.6 Å². The Bertz CT molecular complexity index is 1210. The summed E-state index contributed by atoms with van der Waals surface area (Å²) in [6, 6.07) is 9.24. The van der Waals surface area contributed by atoms with Gasteiger partial charge in [-0.1, -0.05) is 18.2 Å². The zero-order valence-corrected chi connectivity index (χ0v) is 13.9. The Labute approximate surface area is 154 Å². The van der Waals surface area contributed by atoms with Crippen molar-refractivity contribution in [3.05, 3.63) is 80.9 Å². The van der Waals surface area contributed by atoms with Gasteiger partial charge in [0.25, 0.3) is 0 Å². The number of fused-ring (bicyclic) bond motifs is 1. The molecule has 5 nitrogen and oxygen atoms in total. The lowest BCUT2D eigenvalue weighted by Crippen LogP contribution is -2.23. The Morgan fingerprint density at radius 1 is 1.18 bits per heavy atom. The molecule has 0 amide bonds. The number of para-hydroxylation sites is 1. The van der Waals surface area contributed by atoms with Crippen molar-refractivity contribution in [1.82, 2.24) is 4.57 Å². The van der Waals surface area contributed by atoms with E-state index in [0.29, 0.717) is 12.1 Å². The molecule has 0 radical (unpaired) electrons. The lowest BCUT2D eigenvalue weighted by Gasteiger charge is -2.17. The molecule has 0 atom stereocenters. The van der Waals surface area contributed by atoms with Crippen LogP contribution in [0.15, 0.2) is 47.3 Å². The van der Waals surface area contributed by atoms with Crippen LogP contribution in [0.25, 0.3) is 10.9 Å². The van der Waals surface area contributed by atoms with Gasteiger partial charge in [-0.05, 0) is 24.3 Å². The van der Waals surface area contributed by atoms with Gasteiger partial charge in [-0.2, -0.15) is 18.4 Å². The fraction of sp³-hybridized carbons (Fsp3) is 0.105. The van der Waals surface area contributed by atoms with E-state index >= 15 is 0 Å². The fourth-order valence-electron chi connectivity index (χ4n) is 2.91. The molecule has 0 saturated heterocycles. The summed E-state index contributed by atoms with van der Waals surface area (Å²) in [5, 5.41) is 18.8. The molecule has 0 aliphatic rings. The summed E-state index contributed by atoms with van der Waals surface area (Å²) in [6.45, 7) is -0.485. The number of carbonyl (C=O) groups is 1. The van der Waals surface area contributed by atoms with Crippen molar-refractivity contribution < 1.29 is 27.5 Å². The molecule has 28 heavy (non-hydrogen) atoms. The van der Waals surface area contributed by atoms with E-state index in [-0.39, 0.29) is 16.5 Å². The summed E-state index contributed by atoms with van der Waals surface area (Å²) < 4.78 is 53.5. The quantitative estimate of drug-likeness (QED) is 0.690. The van der Waals surface area contributed by atoms with Gasteiger partial charge < -0.3 is 9.67 Å². The molecule has 0 unspecified atom stereocenters. The maximum atomic E-state index is 14.3. The van der Waals surface area contributed by atoms with Crippen molar-refractivity contribution in [3.63, 3.8) is 0 Å². The molecule has 2 aromatic carbocycles. The third-order valence-electron chi connectivity index (χ3n) is 4.20. The summed E-state index contributed by atoms with van der Waals surface area (Å²) in [6.07, 6.45) is -4.73. The van der Waals surface area contributed by atoms with E-state index in [0.717, 1.165) is 10.6 Å². The molecule has 0 bridgehead atoms. The highest BCUT2D eigenvalue weighted by Gasteiger charge is 2.31. The molecule has 3 aromatic rings. The maximum Gasteiger partial charge on any atom is 0.416 e. The molecule has 0 fully saturated rings. The highest BCUT2D eigenvalue weighted by molar-refractivity contribution is 5.93. The van der Waals surface area contributed by atoms with E-state index in [1.807, 2.05) is 0 Å². The number of alkyl halides is 3. The lowest BCUT2D eigenvalue weighted by molar-refractivity contribution is -0.137. The van der Waals surface area contributed by atoms with E-state index in [9.17, 15) is 37.5 Å². The van der Waals surface area contributed by atoms with Gasteiger partial charge in [0, 0.05) is 10.9 Å². The standard InChI is InChI=1S/C19H10F4N2O3/c20-14-7-11(19(21,22)23)6-5-10(14)9-25-15-4-2-1-3-12(15)17(26)13(8-24)16(25)18(27)28/h1-7H,9H2,(H,27,28). The molecular formula is C19H10F4N2O3. The van der Waals surface area contributed by atoms with Gasteiger partial charge >= 0.3 is 12.1 Å². The molecule has 0 aliphatic carbocycles. The first-order valence-corrected chi connectivity index (χ1v) is 7.79. The SMILES string of the molecule is N#Cc1c(C(=O)O)n(Cc2ccc(C(F)(F)F)cc2F)c2ccccc2c1=O. The number of aromatic nitrogens is 1. The van der Waals surface area contributed by atoms with Crippen LogP contribution >= 0.6 is 0 Å². The molecule has 1 N–H and O–H groups in total. The number of aromatic carboxylic acids is 1. The van der Waals surface area contributed by atoms with Crippen molar-refractivity contribution in [3.8, 4) is 6.07 Å². The molecule has 0 saturated carbocycles. The number of rotatable bonds is 3. The Balaban J connectivity index is 2.28. The average molecular weight is 390 g/mol. The van der Waals surface area contributed by atoms with Gasteiger partial charge in [-0.3, -0.25) is 4.79 Å². The van der Waals surface area contributed by atoms with Crippen molar-refractivity contribution >= 4 is 16.9 Å². The molecular weight excluding hydrogens is 380 g/mol. The van der Waals surface area contributed by atoms with Crippen molar-refractivity contribution in [2.75, 3.05) is 0 Å². The number of carboxylic acids is 1. The molecule has 1 aromatic heterocycles. The Morgan fingerprint density at radius 3 is 2.43 bits per heavy atom. The van der Waals surface area contributed by atoms with E-state index in [4.69, 9.17) is 0 Å². The van der Waals surface area contributed by atoms with Crippen LogP contribution in [-0.4, -0.2) is 15.6 Å². The highest BCUT2D eigenvalue weighted by Crippen LogP contribution is 2.30. The van der Waals surface area contributed by atoms with Crippen LogP contribution in [0.3, 0.4) is 0 Å². The van der Waals surface area contributed by atoms with Crippen LogP contribution in [0.4, 0.5) is 17.6 Å². The number of halogens is 4. The Morgan fingerprint density at radius 2 is 1.86 bits per heavy atom. The summed E-state index contributed by atoms with van der Waals surface area (Å²) >= 11 is 0. The number of hydrogen-bond donors (Lipinski definition) is 1. The third kappa shape index (κ3) is 3.20. The largest absolute Gasteiger partial charge is 0.477 e. The first kappa shape index (κ1) is 19.1. The number of benzene rings is 2. The van der Waals surface area contributed by atoms with Crippen LogP contribution in [0.1, 0.15) is 27.2 Å². The number of pyridine rings is 1. The number of hydrogen-bond acceptors (Lipinski definition) is 3. The minimum Gasteiger partial charge on any atom is -0.477 e. The van der Waals surface area contributed by atoms with Crippen LogP contribution in [0, 0.1) is 17.1 Å². The van der Waals surface area contributed by atoms with Gasteiger partial charge in [0.1, 0.15) is 23.1 Å². The predicted octanol–water partition coefficient (Wildman–Crippen LogP) is 3.78. The third-order valence-corrected chi connectivity index (χ3v) is 4.20. The maximum absolute atomic E-state index is 14.3. The minimum atomic E-state index is -4.73. The highest BCUT2D eigenvalue weighted by atomic mass is 19.4. The Kier molecular flexibility index (Phi) is 4.65. The van der Waals surface area contributed by atoms with Gasteiger partial charge in [0.15, 0.2) is 0 Å². The van der Waals surface area contributed by atoms with Crippen LogP contribution < -0.4 is 5.43 Å². The van der Waals surface area contributed by atoms with E-state index in [1.165, 1.54) is 24.3 Å². The van der Waals surface area contributed by atoms with E-state index < -0.39 is 46.8 Å². The zero-order valence-electron chi connectivity index (χ0n) is 13.9. The van der Waals surface area contributed by atoms with Gasteiger partial charge in [-0.25, -0.2) is 9.18 Å². The average Bonchev–Trinajstić information content (AvgIpc) is 2.64. The lowest BCUT2D eigenvalue weighted by atomic mass is 10.1. The molecule has 1 heterocycles. The summed E-state index contributed by atoms with van der Waals surface area (Å²) in [7, 11) is 0. The Hall–Kier alpha value is -3.67. The second-order valence-corrected chi connectivity index (χ2v) is 5.88. The molecule has 0 spiro atoms. The number of nitrogens with zero attached hydrogens (tertiary/aromatic N) is 2. The zero-order chi connectivity index (χ0) is 20.6. The molecule has 0 aliphatic heterocycles. The smallest absolute Gasteiger partial charge is 0.416 e. The minimum absolute atomic E-state index is 0.0383. The van der Waals surface area contributed by atoms with Crippen LogP contribution in [0.5, 0.6) is 0 Å². The fourth-order valence-corrected chi connectivity index (χ4v) is 2.91. The second kappa shape index (κ2) is 6.81. The molecule has 142 valence electrons.